The lowest BCUT2D eigenvalue weighted by molar-refractivity contribution is 0.0592. The van der Waals surface area contributed by atoms with Gasteiger partial charge in [-0.3, -0.25) is 4.98 Å². The number of esters is 1. The lowest BCUT2D eigenvalue weighted by Gasteiger charge is -2.18. The number of nitrogens with two attached hydrogens (primary N) is 1. The van der Waals surface area contributed by atoms with Crippen molar-refractivity contribution in [2.75, 3.05) is 12.8 Å². The zero-order valence-corrected chi connectivity index (χ0v) is 15.4. The van der Waals surface area contributed by atoms with Crippen LogP contribution >= 0.6 is 15.9 Å². The molecule has 0 aliphatic heterocycles. The van der Waals surface area contributed by atoms with Gasteiger partial charge in [-0.25, -0.2) is 9.18 Å². The van der Waals surface area contributed by atoms with E-state index in [2.05, 4.69) is 25.7 Å². The maximum absolute atomic E-state index is 14.5. The highest BCUT2D eigenvalue weighted by atomic mass is 79.9. The number of halogens is 2. The summed E-state index contributed by atoms with van der Waals surface area (Å²) in [4.78, 5) is 16.3. The highest BCUT2D eigenvalue weighted by Crippen LogP contribution is 2.38. The second-order valence-corrected chi connectivity index (χ2v) is 6.40. The van der Waals surface area contributed by atoms with Crippen LogP contribution in [-0.4, -0.2) is 18.1 Å². The number of carbonyl (C=O) groups excluding carboxylic acids is 1. The fraction of sp³-hybridized carbons (Fsp3) is 0.294. The fourth-order valence-corrected chi connectivity index (χ4v) is 2.59. The normalized spacial score (nSPS) is 10.8. The van der Waals surface area contributed by atoms with E-state index < -0.39 is 11.8 Å². The van der Waals surface area contributed by atoms with Crippen LogP contribution < -0.4 is 10.5 Å². The number of benzene rings is 1. The molecule has 0 radical (unpaired) electrons. The van der Waals surface area contributed by atoms with Crippen LogP contribution in [0.3, 0.4) is 0 Å². The maximum Gasteiger partial charge on any atom is 0.344 e. The standard InChI is InChI=1S/C17H18BrFN2O3/c1-8(2)15-16(9(3)5-6-21-15)24-11-7-10(18)14(20)13(19)12(11)17(22)23-4/h5-8H,20H2,1-4H3. The van der Waals surface area contributed by atoms with Gasteiger partial charge < -0.3 is 15.2 Å². The molecule has 1 aromatic carbocycles. The van der Waals surface area contributed by atoms with Crippen LogP contribution in [-0.2, 0) is 4.74 Å². The van der Waals surface area contributed by atoms with Crippen molar-refractivity contribution in [3.8, 4) is 11.5 Å². The van der Waals surface area contributed by atoms with Crippen molar-refractivity contribution >= 4 is 27.6 Å². The van der Waals surface area contributed by atoms with Crippen molar-refractivity contribution in [3.63, 3.8) is 0 Å². The molecule has 0 saturated heterocycles. The van der Waals surface area contributed by atoms with E-state index >= 15 is 0 Å². The number of aromatic nitrogens is 1. The number of pyridine rings is 1. The molecule has 0 saturated carbocycles. The summed E-state index contributed by atoms with van der Waals surface area (Å²) in [5.41, 5.74) is 6.64. The first-order valence-electron chi connectivity index (χ1n) is 7.27. The third-order valence-corrected chi connectivity index (χ3v) is 4.15. The molecule has 0 atom stereocenters. The topological polar surface area (TPSA) is 74.4 Å². The molecule has 0 aliphatic carbocycles. The molecule has 24 heavy (non-hydrogen) atoms. The van der Waals surface area contributed by atoms with E-state index in [9.17, 15) is 9.18 Å². The molecule has 0 amide bonds. The number of anilines is 1. The van der Waals surface area contributed by atoms with Crippen molar-refractivity contribution in [1.82, 2.24) is 4.98 Å². The van der Waals surface area contributed by atoms with Crippen molar-refractivity contribution < 1.29 is 18.7 Å². The van der Waals surface area contributed by atoms with E-state index in [1.807, 2.05) is 20.8 Å². The van der Waals surface area contributed by atoms with E-state index in [0.29, 0.717) is 11.4 Å². The highest BCUT2D eigenvalue weighted by molar-refractivity contribution is 9.10. The summed E-state index contributed by atoms with van der Waals surface area (Å²) in [5.74, 6) is -1.18. The summed E-state index contributed by atoms with van der Waals surface area (Å²) in [5, 5.41) is 0. The third-order valence-electron chi connectivity index (χ3n) is 3.49. The second kappa shape index (κ2) is 7.17. The van der Waals surface area contributed by atoms with E-state index in [1.54, 1.807) is 12.3 Å². The molecule has 0 bridgehead atoms. The number of ether oxygens (including phenoxy) is 2. The van der Waals surface area contributed by atoms with Gasteiger partial charge in [-0.15, -0.1) is 0 Å². The number of hydrogen-bond acceptors (Lipinski definition) is 5. The van der Waals surface area contributed by atoms with Gasteiger partial charge in [-0.2, -0.15) is 0 Å². The number of rotatable bonds is 4. The fourth-order valence-electron chi connectivity index (χ4n) is 2.21. The smallest absolute Gasteiger partial charge is 0.344 e. The lowest BCUT2D eigenvalue weighted by atomic mass is 10.1. The summed E-state index contributed by atoms with van der Waals surface area (Å²) in [7, 11) is 1.17. The van der Waals surface area contributed by atoms with Gasteiger partial charge in [0.2, 0.25) is 0 Å². The van der Waals surface area contributed by atoms with Gasteiger partial charge in [-0.05, 0) is 46.5 Å². The quantitative estimate of drug-likeness (QED) is 0.604. The van der Waals surface area contributed by atoms with Gasteiger partial charge in [0.15, 0.2) is 11.6 Å². The lowest BCUT2D eigenvalue weighted by Crippen LogP contribution is -2.10. The van der Waals surface area contributed by atoms with Crippen LogP contribution in [0, 0.1) is 12.7 Å². The molecule has 1 heterocycles. The molecule has 0 aliphatic rings. The molecule has 2 rings (SSSR count). The summed E-state index contributed by atoms with van der Waals surface area (Å²) in [6.45, 7) is 5.79. The SMILES string of the molecule is COC(=O)c1c(Oc2c(C)ccnc2C(C)C)cc(Br)c(N)c1F. The Morgan fingerprint density at radius 2 is 2.08 bits per heavy atom. The van der Waals surface area contributed by atoms with E-state index in [0.717, 1.165) is 5.56 Å². The number of nitrogens with zero attached hydrogens (tertiary/aromatic N) is 1. The zero-order valence-electron chi connectivity index (χ0n) is 13.8. The Balaban J connectivity index is 2.65. The number of nitrogen functional groups attached to an aromatic ring is 1. The Bertz CT molecular complexity index is 794. The molecule has 0 spiro atoms. The zero-order chi connectivity index (χ0) is 18.0. The Hall–Kier alpha value is -2.15. The summed E-state index contributed by atoms with van der Waals surface area (Å²) >= 11 is 3.17. The summed E-state index contributed by atoms with van der Waals surface area (Å²) in [6.07, 6.45) is 1.68. The van der Waals surface area contributed by atoms with E-state index in [1.165, 1.54) is 13.2 Å². The van der Waals surface area contributed by atoms with Gasteiger partial charge in [-0.1, -0.05) is 13.8 Å². The monoisotopic (exact) mass is 396 g/mol. The number of aryl methyl sites for hydroxylation is 1. The van der Waals surface area contributed by atoms with E-state index in [4.69, 9.17) is 10.5 Å². The minimum absolute atomic E-state index is 0.0124. The van der Waals surface area contributed by atoms with Crippen LogP contribution in [0.2, 0.25) is 0 Å². The van der Waals surface area contributed by atoms with Crippen molar-refractivity contribution in [3.05, 3.63) is 45.4 Å². The van der Waals surface area contributed by atoms with Crippen LogP contribution in [0.5, 0.6) is 11.5 Å². The van der Waals surface area contributed by atoms with Crippen LogP contribution in [0.15, 0.2) is 22.8 Å². The Kier molecular flexibility index (Phi) is 5.43. The third kappa shape index (κ3) is 3.36. The first-order valence-corrected chi connectivity index (χ1v) is 8.06. The summed E-state index contributed by atoms with van der Waals surface area (Å²) < 4.78 is 25.3. The molecule has 2 aromatic rings. The predicted octanol–water partition coefficient (Wildman–Crippen LogP) is 4.58. The van der Waals surface area contributed by atoms with Crippen LogP contribution in [0.25, 0.3) is 0 Å². The van der Waals surface area contributed by atoms with Crippen molar-refractivity contribution in [2.45, 2.75) is 26.7 Å². The molecule has 1 aromatic heterocycles. The largest absolute Gasteiger partial charge is 0.465 e. The Labute approximate surface area is 148 Å². The molecule has 7 heteroatoms. The van der Waals surface area contributed by atoms with Gasteiger partial charge in [0.1, 0.15) is 11.3 Å². The molecule has 0 unspecified atom stereocenters. The molecule has 2 N–H and O–H groups in total. The molecule has 5 nitrogen and oxygen atoms in total. The maximum atomic E-state index is 14.5. The minimum atomic E-state index is -0.890. The van der Waals surface area contributed by atoms with Crippen molar-refractivity contribution in [2.24, 2.45) is 0 Å². The first kappa shape index (κ1) is 18.2. The van der Waals surface area contributed by atoms with Gasteiger partial charge in [0.25, 0.3) is 0 Å². The van der Waals surface area contributed by atoms with E-state index in [-0.39, 0.29) is 27.4 Å². The van der Waals surface area contributed by atoms with Gasteiger partial charge in [0, 0.05) is 10.7 Å². The molecule has 0 fully saturated rings. The van der Waals surface area contributed by atoms with Gasteiger partial charge >= 0.3 is 5.97 Å². The predicted molar refractivity (Wildman–Crippen MR) is 93.0 cm³/mol. The number of hydrogen-bond donors (Lipinski definition) is 1. The minimum Gasteiger partial charge on any atom is -0.465 e. The Morgan fingerprint density at radius 1 is 1.42 bits per heavy atom. The van der Waals surface area contributed by atoms with Gasteiger partial charge in [0.05, 0.1) is 18.5 Å². The Morgan fingerprint density at radius 3 is 2.67 bits per heavy atom. The molecular weight excluding hydrogens is 379 g/mol. The average Bonchev–Trinajstić information content (AvgIpc) is 2.54. The molecular formula is C17H18BrFN2O3. The summed E-state index contributed by atoms with van der Waals surface area (Å²) in [6, 6.07) is 3.23. The highest BCUT2D eigenvalue weighted by Gasteiger charge is 2.25. The second-order valence-electron chi connectivity index (χ2n) is 5.55. The van der Waals surface area contributed by atoms with Crippen LogP contribution in [0.4, 0.5) is 10.1 Å². The van der Waals surface area contributed by atoms with Crippen molar-refractivity contribution in [1.29, 1.82) is 0 Å². The number of methoxy groups -OCH3 is 1. The number of carbonyl (C=O) groups is 1. The van der Waals surface area contributed by atoms with Crippen LogP contribution in [0.1, 0.15) is 41.4 Å². The molecule has 128 valence electrons. The first-order chi connectivity index (χ1) is 11.3. The average molecular weight is 397 g/mol.